The standard InChI is InChI=1S/C32H41N3O3/c1-22(2)31(36)38-32(21-24-15-16-25(32)20-26(24)23-10-6-5-7-11-23)17-19-35(3)18-9-14-29-33-27-12-8-13-28(37-4)30(27)34-29/h5-8,10-13,20,22,24-25H,9,14-19,21H2,1-4H3,(H,33,34). The van der Waals surface area contributed by atoms with E-state index in [4.69, 9.17) is 14.5 Å². The maximum Gasteiger partial charge on any atom is 0.308 e. The van der Waals surface area contributed by atoms with Gasteiger partial charge in [-0.2, -0.15) is 0 Å². The second-order valence-corrected chi connectivity index (χ2v) is 11.4. The molecular weight excluding hydrogens is 474 g/mol. The molecule has 1 N–H and O–H groups in total. The van der Waals surface area contributed by atoms with Crippen molar-refractivity contribution in [1.82, 2.24) is 14.9 Å². The zero-order valence-electron chi connectivity index (χ0n) is 23.2. The SMILES string of the molecule is COc1cccc2[nH]c(CCCN(C)CCC3(OC(=O)C(C)C)CC4CCC3C=C4c3ccccc3)nc12. The molecule has 1 fully saturated rings. The lowest BCUT2D eigenvalue weighted by molar-refractivity contribution is -0.176. The monoisotopic (exact) mass is 515 g/mol. The summed E-state index contributed by atoms with van der Waals surface area (Å²) in [5.74, 6) is 2.31. The molecule has 3 atom stereocenters. The number of aromatic nitrogens is 2. The Hall–Kier alpha value is -3.12. The van der Waals surface area contributed by atoms with E-state index in [2.05, 4.69) is 53.3 Å². The van der Waals surface area contributed by atoms with Crippen LogP contribution in [0, 0.1) is 17.8 Å². The van der Waals surface area contributed by atoms with Gasteiger partial charge in [-0.05, 0) is 68.5 Å². The Bertz CT molecular complexity index is 1280. The van der Waals surface area contributed by atoms with E-state index in [1.807, 2.05) is 32.0 Å². The number of allylic oxidation sites excluding steroid dienone is 1. The predicted molar refractivity (Wildman–Crippen MR) is 152 cm³/mol. The first-order valence-corrected chi connectivity index (χ1v) is 14.1. The molecule has 6 rings (SSSR count). The van der Waals surface area contributed by atoms with E-state index in [0.29, 0.717) is 5.92 Å². The van der Waals surface area contributed by atoms with Crippen molar-refractivity contribution in [3.8, 4) is 5.75 Å². The van der Waals surface area contributed by atoms with Crippen molar-refractivity contribution in [3.63, 3.8) is 0 Å². The van der Waals surface area contributed by atoms with Crippen molar-refractivity contribution < 1.29 is 14.3 Å². The van der Waals surface area contributed by atoms with Gasteiger partial charge in [0.15, 0.2) is 0 Å². The van der Waals surface area contributed by atoms with E-state index in [-0.39, 0.29) is 17.8 Å². The molecule has 2 bridgehead atoms. The maximum absolute atomic E-state index is 12.9. The highest BCUT2D eigenvalue weighted by Crippen LogP contribution is 2.53. The van der Waals surface area contributed by atoms with Crippen LogP contribution in [0.1, 0.15) is 57.3 Å². The number of aryl methyl sites for hydroxylation is 1. The van der Waals surface area contributed by atoms with Gasteiger partial charge in [-0.3, -0.25) is 4.79 Å². The van der Waals surface area contributed by atoms with E-state index in [1.54, 1.807) is 7.11 Å². The molecule has 2 aromatic carbocycles. The molecule has 38 heavy (non-hydrogen) atoms. The number of hydrogen-bond acceptors (Lipinski definition) is 5. The van der Waals surface area contributed by atoms with Crippen LogP contribution < -0.4 is 4.74 Å². The van der Waals surface area contributed by atoms with Crippen LogP contribution in [0.15, 0.2) is 54.6 Å². The lowest BCUT2D eigenvalue weighted by Gasteiger charge is -2.50. The van der Waals surface area contributed by atoms with Crippen molar-refractivity contribution in [2.75, 3.05) is 27.2 Å². The van der Waals surface area contributed by atoms with Crippen LogP contribution in [0.5, 0.6) is 5.75 Å². The first-order valence-electron chi connectivity index (χ1n) is 14.1. The number of methoxy groups -OCH3 is 1. The highest BCUT2D eigenvalue weighted by atomic mass is 16.6. The minimum Gasteiger partial charge on any atom is -0.494 e. The minimum absolute atomic E-state index is 0.0739. The van der Waals surface area contributed by atoms with Crippen LogP contribution in [0.3, 0.4) is 0 Å². The largest absolute Gasteiger partial charge is 0.494 e. The fourth-order valence-electron chi connectivity index (χ4n) is 6.25. The van der Waals surface area contributed by atoms with Crippen molar-refractivity contribution in [2.24, 2.45) is 17.8 Å². The molecule has 1 heterocycles. The Kier molecular flexibility index (Phi) is 7.89. The van der Waals surface area contributed by atoms with Gasteiger partial charge in [0.25, 0.3) is 0 Å². The summed E-state index contributed by atoms with van der Waals surface area (Å²) < 4.78 is 11.8. The zero-order chi connectivity index (χ0) is 26.7. The Balaban J connectivity index is 1.23. The topological polar surface area (TPSA) is 67.4 Å². The van der Waals surface area contributed by atoms with E-state index < -0.39 is 5.60 Å². The molecule has 0 radical (unpaired) electrons. The maximum atomic E-state index is 12.9. The van der Waals surface area contributed by atoms with E-state index in [9.17, 15) is 4.79 Å². The zero-order valence-corrected chi connectivity index (χ0v) is 23.2. The molecule has 3 aliphatic carbocycles. The van der Waals surface area contributed by atoms with Crippen LogP contribution in [0.25, 0.3) is 16.6 Å². The Morgan fingerprint density at radius 3 is 2.66 bits per heavy atom. The summed E-state index contributed by atoms with van der Waals surface area (Å²) in [6.45, 7) is 5.73. The number of hydrogen-bond donors (Lipinski definition) is 1. The van der Waals surface area contributed by atoms with Gasteiger partial charge in [0.2, 0.25) is 0 Å². The number of para-hydroxylation sites is 1. The number of carbonyl (C=O) groups excluding carboxylic acids is 1. The fraction of sp³-hybridized carbons (Fsp3) is 0.500. The van der Waals surface area contributed by atoms with E-state index in [0.717, 1.165) is 67.8 Å². The third-order valence-corrected chi connectivity index (χ3v) is 8.41. The predicted octanol–water partition coefficient (Wildman–Crippen LogP) is 6.28. The molecule has 6 nitrogen and oxygen atoms in total. The van der Waals surface area contributed by atoms with Crippen LogP contribution in [0.4, 0.5) is 0 Å². The van der Waals surface area contributed by atoms with E-state index in [1.165, 1.54) is 17.6 Å². The third-order valence-electron chi connectivity index (χ3n) is 8.41. The molecule has 3 aromatic rings. The molecule has 0 spiro atoms. The quantitative estimate of drug-likeness (QED) is 0.305. The Morgan fingerprint density at radius 2 is 1.95 bits per heavy atom. The van der Waals surface area contributed by atoms with Crippen molar-refractivity contribution in [2.45, 2.75) is 58.0 Å². The number of rotatable bonds is 11. The van der Waals surface area contributed by atoms with Gasteiger partial charge in [0.1, 0.15) is 22.7 Å². The smallest absolute Gasteiger partial charge is 0.308 e. The first kappa shape index (κ1) is 26.5. The van der Waals surface area contributed by atoms with E-state index >= 15 is 0 Å². The lowest BCUT2D eigenvalue weighted by Crippen LogP contribution is -2.51. The summed E-state index contributed by atoms with van der Waals surface area (Å²) >= 11 is 0. The van der Waals surface area contributed by atoms with Crippen LogP contribution in [-0.4, -0.2) is 53.7 Å². The van der Waals surface area contributed by atoms with Gasteiger partial charge >= 0.3 is 5.97 Å². The number of fused-ring (bicyclic) bond motifs is 3. The molecule has 1 aromatic heterocycles. The van der Waals surface area contributed by atoms with Crippen LogP contribution in [-0.2, 0) is 16.0 Å². The lowest BCUT2D eigenvalue weighted by atomic mass is 9.60. The van der Waals surface area contributed by atoms with Gasteiger partial charge < -0.3 is 19.4 Å². The molecule has 0 amide bonds. The molecule has 3 unspecified atom stereocenters. The average molecular weight is 516 g/mol. The van der Waals surface area contributed by atoms with Crippen molar-refractivity contribution >= 4 is 22.6 Å². The van der Waals surface area contributed by atoms with Gasteiger partial charge in [0, 0.05) is 25.3 Å². The summed E-state index contributed by atoms with van der Waals surface area (Å²) in [7, 11) is 3.85. The molecule has 0 saturated heterocycles. The summed E-state index contributed by atoms with van der Waals surface area (Å²) in [6.07, 6.45) is 8.35. The molecule has 6 heteroatoms. The molecule has 0 aliphatic heterocycles. The average Bonchev–Trinajstić information content (AvgIpc) is 3.36. The Labute approximate surface area is 226 Å². The molecule has 1 saturated carbocycles. The third kappa shape index (κ3) is 5.51. The number of benzene rings is 2. The first-order chi connectivity index (χ1) is 18.4. The molecule has 3 aliphatic rings. The number of nitrogens with one attached hydrogen (secondary N) is 1. The highest BCUT2D eigenvalue weighted by molar-refractivity contribution is 5.81. The minimum atomic E-state index is -0.411. The summed E-state index contributed by atoms with van der Waals surface area (Å²) in [5.41, 5.74) is 4.24. The number of ether oxygens (including phenoxy) is 2. The summed E-state index contributed by atoms with van der Waals surface area (Å²) in [5, 5.41) is 0. The fourth-order valence-corrected chi connectivity index (χ4v) is 6.25. The van der Waals surface area contributed by atoms with Crippen LogP contribution >= 0.6 is 0 Å². The number of esters is 1. The second kappa shape index (κ2) is 11.3. The Morgan fingerprint density at radius 1 is 1.13 bits per heavy atom. The number of H-pyrrole nitrogens is 1. The number of aromatic amines is 1. The second-order valence-electron chi connectivity index (χ2n) is 11.4. The summed E-state index contributed by atoms with van der Waals surface area (Å²) in [4.78, 5) is 23.4. The van der Waals surface area contributed by atoms with Gasteiger partial charge in [0.05, 0.1) is 18.5 Å². The highest BCUT2D eigenvalue weighted by Gasteiger charge is 2.50. The van der Waals surface area contributed by atoms with Crippen molar-refractivity contribution in [3.05, 3.63) is 66.0 Å². The van der Waals surface area contributed by atoms with Gasteiger partial charge in [-0.15, -0.1) is 0 Å². The van der Waals surface area contributed by atoms with Gasteiger partial charge in [-0.25, -0.2) is 4.98 Å². The normalized spacial score (nSPS) is 22.7. The number of carbonyl (C=O) groups is 1. The molecular formula is C32H41N3O3. The number of imidazole rings is 1. The van der Waals surface area contributed by atoms with Gasteiger partial charge in [-0.1, -0.05) is 56.3 Å². The number of nitrogens with zero attached hydrogens (tertiary/aromatic N) is 2. The van der Waals surface area contributed by atoms with Crippen LogP contribution in [0.2, 0.25) is 0 Å². The summed E-state index contributed by atoms with van der Waals surface area (Å²) in [6, 6.07) is 16.7. The van der Waals surface area contributed by atoms with Crippen molar-refractivity contribution in [1.29, 1.82) is 0 Å². The molecule has 202 valence electrons.